The van der Waals surface area contributed by atoms with Gasteiger partial charge in [-0.15, -0.1) is 12.4 Å². The van der Waals surface area contributed by atoms with E-state index < -0.39 is 6.04 Å². The fraction of sp³-hybridized carbons (Fsp3) is 0.500. The van der Waals surface area contributed by atoms with E-state index in [1.807, 2.05) is 26.0 Å². The molecule has 1 rings (SSSR count). The Hall–Kier alpha value is -0.480. The fourth-order valence-corrected chi connectivity index (χ4v) is 2.40. The molecule has 6 heteroatoms. The molecule has 20 heavy (non-hydrogen) atoms. The van der Waals surface area contributed by atoms with Crippen LogP contribution in [0.4, 0.5) is 0 Å². The Labute approximate surface area is 136 Å². The van der Waals surface area contributed by atoms with Crippen molar-refractivity contribution in [3.8, 4) is 0 Å². The third kappa shape index (κ3) is 7.34. The number of carbonyl (C=O) groups is 1. The van der Waals surface area contributed by atoms with Gasteiger partial charge in [0.25, 0.3) is 0 Å². The van der Waals surface area contributed by atoms with E-state index in [4.69, 9.17) is 28.9 Å². The normalized spacial score (nSPS) is 11.9. The van der Waals surface area contributed by atoms with Crippen LogP contribution in [0.15, 0.2) is 18.2 Å². The second-order valence-corrected chi connectivity index (χ2v) is 5.93. The summed E-state index contributed by atoms with van der Waals surface area (Å²) in [6.07, 6.45) is 1.37. The Bertz CT molecular complexity index is 418. The first-order chi connectivity index (χ1) is 8.88. The van der Waals surface area contributed by atoms with Crippen LogP contribution in [0, 0.1) is 5.92 Å². The van der Waals surface area contributed by atoms with E-state index in [0.29, 0.717) is 35.3 Å². The third-order valence-electron chi connectivity index (χ3n) is 2.70. The number of benzene rings is 1. The molecule has 0 aliphatic heterocycles. The first-order valence-electron chi connectivity index (χ1n) is 6.36. The molecule has 0 radical (unpaired) electrons. The molecule has 0 saturated heterocycles. The number of hydrogen-bond donors (Lipinski definition) is 2. The smallest absolute Gasteiger partial charge is 0.236 e. The molecule has 0 fully saturated rings. The predicted molar refractivity (Wildman–Crippen MR) is 87.9 cm³/mol. The van der Waals surface area contributed by atoms with Crippen LogP contribution < -0.4 is 11.1 Å². The lowest BCUT2D eigenvalue weighted by atomic mass is 10.0. The maximum Gasteiger partial charge on any atom is 0.236 e. The van der Waals surface area contributed by atoms with Crippen LogP contribution in [0.25, 0.3) is 0 Å². The van der Waals surface area contributed by atoms with Crippen LogP contribution in [0.3, 0.4) is 0 Å². The number of halogens is 3. The van der Waals surface area contributed by atoms with Crippen LogP contribution in [0.1, 0.15) is 25.8 Å². The number of nitrogens with one attached hydrogen (secondary N) is 1. The Kier molecular flexibility index (Phi) is 9.23. The van der Waals surface area contributed by atoms with E-state index in [0.717, 1.165) is 5.56 Å². The molecule has 0 saturated carbocycles. The molecule has 1 atom stereocenters. The average molecular weight is 340 g/mol. The molecule has 0 aliphatic rings. The minimum absolute atomic E-state index is 0. The number of nitrogens with two attached hydrogens (primary N) is 1. The van der Waals surface area contributed by atoms with E-state index in [-0.39, 0.29) is 18.3 Å². The summed E-state index contributed by atoms with van der Waals surface area (Å²) in [4.78, 5) is 11.7. The summed E-state index contributed by atoms with van der Waals surface area (Å²) in [5.41, 5.74) is 6.79. The molecule has 3 N–H and O–H groups in total. The quantitative estimate of drug-likeness (QED) is 0.834. The maximum absolute atomic E-state index is 11.7. The summed E-state index contributed by atoms with van der Waals surface area (Å²) in [5.74, 6) is 0.300. The van der Waals surface area contributed by atoms with Crippen molar-refractivity contribution in [1.82, 2.24) is 5.32 Å². The van der Waals surface area contributed by atoms with Crippen LogP contribution in [-0.2, 0) is 11.2 Å². The first kappa shape index (κ1) is 19.5. The highest BCUT2D eigenvalue weighted by atomic mass is 35.5. The van der Waals surface area contributed by atoms with Gasteiger partial charge in [-0.2, -0.15) is 0 Å². The van der Waals surface area contributed by atoms with E-state index in [9.17, 15) is 4.79 Å². The van der Waals surface area contributed by atoms with Gasteiger partial charge >= 0.3 is 0 Å². The van der Waals surface area contributed by atoms with Crippen LogP contribution >= 0.6 is 35.6 Å². The van der Waals surface area contributed by atoms with Gasteiger partial charge in [-0.25, -0.2) is 0 Å². The zero-order valence-corrected chi connectivity index (χ0v) is 14.0. The molecular formula is C14H21Cl3N2O. The fourth-order valence-electron chi connectivity index (χ4n) is 1.83. The molecule has 114 valence electrons. The highest BCUT2D eigenvalue weighted by Crippen LogP contribution is 2.19. The van der Waals surface area contributed by atoms with Gasteiger partial charge in [-0.05, 0) is 42.5 Å². The van der Waals surface area contributed by atoms with Gasteiger partial charge in [0.1, 0.15) is 0 Å². The van der Waals surface area contributed by atoms with Gasteiger partial charge in [0, 0.05) is 16.6 Å². The zero-order chi connectivity index (χ0) is 14.4. The van der Waals surface area contributed by atoms with Gasteiger partial charge in [0.05, 0.1) is 6.04 Å². The van der Waals surface area contributed by atoms with Crippen molar-refractivity contribution in [3.63, 3.8) is 0 Å². The first-order valence-corrected chi connectivity index (χ1v) is 7.12. The highest BCUT2D eigenvalue weighted by molar-refractivity contribution is 6.34. The summed E-state index contributed by atoms with van der Waals surface area (Å²) in [7, 11) is 0. The van der Waals surface area contributed by atoms with Crippen molar-refractivity contribution in [3.05, 3.63) is 33.8 Å². The third-order valence-corrected chi connectivity index (χ3v) is 3.13. The lowest BCUT2D eigenvalue weighted by Gasteiger charge is -2.14. The largest absolute Gasteiger partial charge is 0.354 e. The van der Waals surface area contributed by atoms with E-state index >= 15 is 0 Å². The van der Waals surface area contributed by atoms with Crippen molar-refractivity contribution in [1.29, 1.82) is 0 Å². The van der Waals surface area contributed by atoms with E-state index in [1.54, 1.807) is 6.07 Å². The van der Waals surface area contributed by atoms with Gasteiger partial charge in [0.15, 0.2) is 0 Å². The van der Waals surface area contributed by atoms with Crippen LogP contribution in [-0.4, -0.2) is 18.5 Å². The Balaban J connectivity index is 0.00000361. The summed E-state index contributed by atoms with van der Waals surface area (Å²) in [5, 5.41) is 4.03. The molecule has 0 spiro atoms. The van der Waals surface area contributed by atoms with Gasteiger partial charge in [-0.3, -0.25) is 4.79 Å². The average Bonchev–Trinajstić information content (AvgIpc) is 2.26. The predicted octanol–water partition coefficient (Wildman–Crippen LogP) is 3.45. The molecule has 3 nitrogen and oxygen atoms in total. The maximum atomic E-state index is 11.7. The van der Waals surface area contributed by atoms with Crippen LogP contribution in [0.2, 0.25) is 10.0 Å². The molecule has 0 unspecified atom stereocenters. The number of rotatable bonds is 6. The van der Waals surface area contributed by atoms with Crippen molar-refractivity contribution in [2.45, 2.75) is 32.7 Å². The number of amides is 1. The van der Waals surface area contributed by atoms with E-state index in [1.165, 1.54) is 0 Å². The topological polar surface area (TPSA) is 55.1 Å². The summed E-state index contributed by atoms with van der Waals surface area (Å²) < 4.78 is 0. The Morgan fingerprint density at radius 1 is 1.25 bits per heavy atom. The lowest BCUT2D eigenvalue weighted by Crippen LogP contribution is -2.42. The summed E-state index contributed by atoms with van der Waals surface area (Å²) >= 11 is 11.8. The molecular weight excluding hydrogens is 319 g/mol. The standard InChI is InChI=1S/C14H20Cl2N2O.ClH/c1-9(2)5-13(17)14(19)18-4-3-10-6-11(15)8-12(16)7-10;/h6-9,13H,3-5,17H2,1-2H3,(H,18,19);1H/t13-;/m0./s1. The minimum Gasteiger partial charge on any atom is -0.354 e. The van der Waals surface area contributed by atoms with Gasteiger partial charge in [0.2, 0.25) is 5.91 Å². The Morgan fingerprint density at radius 3 is 2.30 bits per heavy atom. The minimum atomic E-state index is -0.442. The second kappa shape index (κ2) is 9.46. The summed E-state index contributed by atoms with van der Waals surface area (Å²) in [6, 6.07) is 4.92. The highest BCUT2D eigenvalue weighted by Gasteiger charge is 2.14. The Morgan fingerprint density at radius 2 is 1.80 bits per heavy atom. The monoisotopic (exact) mass is 338 g/mol. The van der Waals surface area contributed by atoms with E-state index in [2.05, 4.69) is 5.32 Å². The molecule has 0 heterocycles. The molecule has 0 aliphatic carbocycles. The molecule has 1 aromatic carbocycles. The lowest BCUT2D eigenvalue weighted by molar-refractivity contribution is -0.122. The van der Waals surface area contributed by atoms with Crippen molar-refractivity contribution < 1.29 is 4.79 Å². The number of hydrogen-bond acceptors (Lipinski definition) is 2. The van der Waals surface area contributed by atoms with Crippen molar-refractivity contribution >= 4 is 41.5 Å². The van der Waals surface area contributed by atoms with Gasteiger partial charge in [-0.1, -0.05) is 37.0 Å². The molecule has 0 aromatic heterocycles. The molecule has 0 bridgehead atoms. The summed E-state index contributed by atoms with van der Waals surface area (Å²) in [6.45, 7) is 4.61. The van der Waals surface area contributed by atoms with Crippen LogP contribution in [0.5, 0.6) is 0 Å². The second-order valence-electron chi connectivity index (χ2n) is 5.05. The molecule has 1 amide bonds. The SMILES string of the molecule is CC(C)C[C@H](N)C(=O)NCCc1cc(Cl)cc(Cl)c1.Cl. The number of carbonyl (C=O) groups excluding carboxylic acids is 1. The molecule has 1 aromatic rings. The van der Waals surface area contributed by atoms with Crippen molar-refractivity contribution in [2.24, 2.45) is 11.7 Å². The zero-order valence-electron chi connectivity index (χ0n) is 11.7. The van der Waals surface area contributed by atoms with Gasteiger partial charge < -0.3 is 11.1 Å². The van der Waals surface area contributed by atoms with Crippen molar-refractivity contribution in [2.75, 3.05) is 6.54 Å².